The quantitative estimate of drug-likeness (QED) is 0.897. The molecule has 0 aromatic heterocycles. The molecule has 3 heteroatoms. The molecule has 1 aromatic carbocycles. The summed E-state index contributed by atoms with van der Waals surface area (Å²) in [7, 11) is 0. The van der Waals surface area contributed by atoms with Crippen LogP contribution in [0.4, 0.5) is 0 Å². The summed E-state index contributed by atoms with van der Waals surface area (Å²) in [5.74, 6) is 0.890. The zero-order valence-electron chi connectivity index (χ0n) is 13.0. The number of nitrogens with two attached hydrogens (primary N) is 1. The summed E-state index contributed by atoms with van der Waals surface area (Å²) in [5.41, 5.74) is 7.70. The van der Waals surface area contributed by atoms with Gasteiger partial charge in [0, 0.05) is 23.1 Å². The van der Waals surface area contributed by atoms with E-state index in [0.717, 1.165) is 17.0 Å². The van der Waals surface area contributed by atoms with Gasteiger partial charge in [0.2, 0.25) is 0 Å². The van der Waals surface area contributed by atoms with E-state index >= 15 is 0 Å². The van der Waals surface area contributed by atoms with E-state index in [1.165, 1.54) is 50.6 Å². The van der Waals surface area contributed by atoms with Crippen molar-refractivity contribution in [2.24, 2.45) is 11.7 Å². The van der Waals surface area contributed by atoms with Crippen LogP contribution in [-0.4, -0.2) is 23.5 Å². The van der Waals surface area contributed by atoms with E-state index in [0.29, 0.717) is 6.04 Å². The summed E-state index contributed by atoms with van der Waals surface area (Å²) >= 11 is 6.05. The summed E-state index contributed by atoms with van der Waals surface area (Å²) in [6.07, 6.45) is 8.28. The first kappa shape index (κ1) is 15.3. The molecule has 2 unspecified atom stereocenters. The molecule has 2 nitrogen and oxygen atoms in total. The second-order valence-corrected chi connectivity index (χ2v) is 7.28. The van der Waals surface area contributed by atoms with Crippen molar-refractivity contribution >= 4 is 11.6 Å². The number of hydrogen-bond acceptors (Lipinski definition) is 2. The molecule has 1 aliphatic carbocycles. The van der Waals surface area contributed by atoms with Gasteiger partial charge in [-0.1, -0.05) is 36.6 Å². The van der Waals surface area contributed by atoms with Gasteiger partial charge in [0.25, 0.3) is 0 Å². The van der Waals surface area contributed by atoms with E-state index in [2.05, 4.69) is 24.0 Å². The minimum atomic E-state index is 0.145. The fourth-order valence-corrected chi connectivity index (χ4v) is 4.59. The Morgan fingerprint density at radius 3 is 2.48 bits per heavy atom. The van der Waals surface area contributed by atoms with Crippen LogP contribution in [0.5, 0.6) is 0 Å². The van der Waals surface area contributed by atoms with Crippen LogP contribution in [0.2, 0.25) is 5.02 Å². The number of halogens is 1. The summed E-state index contributed by atoms with van der Waals surface area (Å²) in [5, 5.41) is 0.802. The van der Waals surface area contributed by atoms with Gasteiger partial charge < -0.3 is 5.73 Å². The fraction of sp³-hybridized carbons (Fsp3) is 0.667. The lowest BCUT2D eigenvalue weighted by Gasteiger charge is -2.49. The molecule has 0 bridgehead atoms. The molecule has 1 saturated heterocycles. The Bertz CT molecular complexity index is 455. The average Bonchev–Trinajstić information content (AvgIpc) is 2.49. The molecule has 0 amide bonds. The van der Waals surface area contributed by atoms with Gasteiger partial charge in [0.1, 0.15) is 0 Å². The van der Waals surface area contributed by atoms with Crippen LogP contribution in [0.15, 0.2) is 24.3 Å². The summed E-state index contributed by atoms with van der Waals surface area (Å²) in [6.45, 7) is 3.34. The Morgan fingerprint density at radius 2 is 1.76 bits per heavy atom. The maximum absolute atomic E-state index is 6.38. The molecular weight excluding hydrogens is 280 g/mol. The SMILES string of the molecule is CC(N)C(c1ccc(Cl)cc1)N1CCC[C@H]2CCCC[C@H]21. The van der Waals surface area contributed by atoms with Gasteiger partial charge in [0.15, 0.2) is 0 Å². The van der Waals surface area contributed by atoms with Gasteiger partial charge in [-0.05, 0) is 62.8 Å². The molecule has 1 saturated carbocycles. The summed E-state index contributed by atoms with van der Waals surface area (Å²) in [6, 6.07) is 9.51. The zero-order valence-corrected chi connectivity index (χ0v) is 13.7. The fourth-order valence-electron chi connectivity index (χ4n) is 4.47. The standard InChI is InChI=1S/C18H27ClN2/c1-13(20)18(15-8-10-16(19)11-9-15)21-12-4-6-14-5-2-3-7-17(14)21/h8-11,13-14,17-18H,2-7,12,20H2,1H3/t13?,14-,17-,18?/m1/s1. The first-order chi connectivity index (χ1) is 10.2. The zero-order chi connectivity index (χ0) is 14.8. The van der Waals surface area contributed by atoms with E-state index in [1.54, 1.807) is 0 Å². The van der Waals surface area contributed by atoms with Gasteiger partial charge in [-0.25, -0.2) is 0 Å². The molecule has 3 rings (SSSR count). The number of piperidine rings is 1. The Hall–Kier alpha value is -0.570. The van der Waals surface area contributed by atoms with Crippen LogP contribution in [0, 0.1) is 5.92 Å². The smallest absolute Gasteiger partial charge is 0.0499 e. The molecule has 0 radical (unpaired) electrons. The highest BCUT2D eigenvalue weighted by molar-refractivity contribution is 6.30. The first-order valence-electron chi connectivity index (χ1n) is 8.43. The first-order valence-corrected chi connectivity index (χ1v) is 8.81. The molecule has 1 heterocycles. The average molecular weight is 307 g/mol. The Balaban J connectivity index is 1.87. The van der Waals surface area contributed by atoms with E-state index in [9.17, 15) is 0 Å². The van der Waals surface area contributed by atoms with Gasteiger partial charge in [-0.2, -0.15) is 0 Å². The van der Waals surface area contributed by atoms with E-state index in [4.69, 9.17) is 17.3 Å². The third kappa shape index (κ3) is 3.28. The highest BCUT2D eigenvalue weighted by Gasteiger charge is 2.38. The molecule has 116 valence electrons. The Morgan fingerprint density at radius 1 is 1.10 bits per heavy atom. The molecule has 0 spiro atoms. The maximum atomic E-state index is 6.38. The Labute approximate surface area is 133 Å². The number of nitrogens with zero attached hydrogens (tertiary/aromatic N) is 1. The van der Waals surface area contributed by atoms with Gasteiger partial charge in [-0.15, -0.1) is 0 Å². The van der Waals surface area contributed by atoms with Crippen molar-refractivity contribution in [1.82, 2.24) is 4.90 Å². The summed E-state index contributed by atoms with van der Waals surface area (Å²) < 4.78 is 0. The maximum Gasteiger partial charge on any atom is 0.0499 e. The molecule has 21 heavy (non-hydrogen) atoms. The van der Waals surface area contributed by atoms with Crippen LogP contribution >= 0.6 is 11.6 Å². The van der Waals surface area contributed by atoms with Crippen molar-refractivity contribution in [3.05, 3.63) is 34.9 Å². The predicted octanol–water partition coefficient (Wildman–Crippen LogP) is 4.38. The lowest BCUT2D eigenvalue weighted by atomic mass is 9.77. The highest BCUT2D eigenvalue weighted by Crippen LogP contribution is 2.40. The van der Waals surface area contributed by atoms with Crippen LogP contribution < -0.4 is 5.73 Å². The van der Waals surface area contributed by atoms with Crippen LogP contribution in [0.3, 0.4) is 0 Å². The van der Waals surface area contributed by atoms with E-state index in [1.807, 2.05) is 12.1 Å². The lowest BCUT2D eigenvalue weighted by Crippen LogP contribution is -2.52. The number of benzene rings is 1. The van der Waals surface area contributed by atoms with Crippen molar-refractivity contribution in [1.29, 1.82) is 0 Å². The van der Waals surface area contributed by atoms with Crippen molar-refractivity contribution in [2.45, 2.75) is 63.6 Å². The van der Waals surface area contributed by atoms with Crippen molar-refractivity contribution < 1.29 is 0 Å². The number of fused-ring (bicyclic) bond motifs is 1. The van der Waals surface area contributed by atoms with E-state index < -0.39 is 0 Å². The van der Waals surface area contributed by atoms with Crippen molar-refractivity contribution in [3.63, 3.8) is 0 Å². The molecular formula is C18H27ClN2. The summed E-state index contributed by atoms with van der Waals surface area (Å²) in [4.78, 5) is 2.71. The minimum Gasteiger partial charge on any atom is -0.326 e. The van der Waals surface area contributed by atoms with Crippen molar-refractivity contribution in [3.8, 4) is 0 Å². The second kappa shape index (κ2) is 6.68. The molecule has 1 aliphatic heterocycles. The molecule has 4 atom stereocenters. The molecule has 1 aromatic rings. The van der Waals surface area contributed by atoms with Gasteiger partial charge >= 0.3 is 0 Å². The van der Waals surface area contributed by atoms with Gasteiger partial charge in [-0.3, -0.25) is 4.90 Å². The van der Waals surface area contributed by atoms with Crippen LogP contribution in [0.1, 0.15) is 57.1 Å². The normalized spacial score (nSPS) is 29.7. The number of rotatable bonds is 3. The molecule has 2 aliphatic rings. The molecule has 2 fully saturated rings. The topological polar surface area (TPSA) is 29.3 Å². The lowest BCUT2D eigenvalue weighted by molar-refractivity contribution is 0.0178. The largest absolute Gasteiger partial charge is 0.326 e. The van der Waals surface area contributed by atoms with E-state index in [-0.39, 0.29) is 6.04 Å². The number of hydrogen-bond donors (Lipinski definition) is 1. The number of likely N-dealkylation sites (tertiary alicyclic amines) is 1. The monoisotopic (exact) mass is 306 g/mol. The molecule has 2 N–H and O–H groups in total. The second-order valence-electron chi connectivity index (χ2n) is 6.85. The highest BCUT2D eigenvalue weighted by atomic mass is 35.5. The van der Waals surface area contributed by atoms with Crippen LogP contribution in [0.25, 0.3) is 0 Å². The minimum absolute atomic E-state index is 0.145. The third-order valence-electron chi connectivity index (χ3n) is 5.35. The predicted molar refractivity (Wildman–Crippen MR) is 89.5 cm³/mol. The Kier molecular flexibility index (Phi) is 4.88. The van der Waals surface area contributed by atoms with Crippen LogP contribution in [-0.2, 0) is 0 Å². The van der Waals surface area contributed by atoms with Gasteiger partial charge in [0.05, 0.1) is 0 Å². The van der Waals surface area contributed by atoms with Crippen molar-refractivity contribution in [2.75, 3.05) is 6.54 Å². The third-order valence-corrected chi connectivity index (χ3v) is 5.60.